The first-order chi connectivity index (χ1) is 18.6. The number of primary amides is 1. The molecule has 39 heavy (non-hydrogen) atoms. The van der Waals surface area contributed by atoms with Crippen molar-refractivity contribution in [3.8, 4) is 11.4 Å². The number of hydrogen-bond acceptors (Lipinski definition) is 8. The number of carboxylic acids is 1. The second-order valence-electron chi connectivity index (χ2n) is 9.73. The Balaban J connectivity index is 1.59. The van der Waals surface area contributed by atoms with Crippen LogP contribution in [0.3, 0.4) is 0 Å². The minimum absolute atomic E-state index is 0.0257. The molecule has 1 aliphatic carbocycles. The number of carboxylic acid groups (broad SMARTS) is 1. The van der Waals surface area contributed by atoms with Crippen molar-refractivity contribution in [2.45, 2.75) is 35.4 Å². The number of rotatable bonds is 8. The van der Waals surface area contributed by atoms with Gasteiger partial charge >= 0.3 is 12.0 Å². The fourth-order valence-electron chi connectivity index (χ4n) is 4.84. The number of benzene rings is 2. The number of nitrogens with two attached hydrogens (primary N) is 1. The van der Waals surface area contributed by atoms with E-state index >= 15 is 0 Å². The number of amides is 2. The van der Waals surface area contributed by atoms with Crippen molar-refractivity contribution in [1.29, 1.82) is 0 Å². The molecule has 0 unspecified atom stereocenters. The van der Waals surface area contributed by atoms with Crippen molar-refractivity contribution in [3.63, 3.8) is 0 Å². The van der Waals surface area contributed by atoms with Gasteiger partial charge in [0.15, 0.2) is 15.7 Å². The average molecular weight is 552 g/mol. The Morgan fingerprint density at radius 1 is 1.13 bits per heavy atom. The van der Waals surface area contributed by atoms with E-state index in [1.54, 1.807) is 60.7 Å². The van der Waals surface area contributed by atoms with Crippen LogP contribution in [-0.4, -0.2) is 67.8 Å². The molecule has 2 fully saturated rings. The summed E-state index contributed by atoms with van der Waals surface area (Å²) in [6.45, 7) is 3.07. The summed E-state index contributed by atoms with van der Waals surface area (Å²) in [6.07, 6.45) is 0.890. The third kappa shape index (κ3) is 5.04. The Bertz CT molecular complexity index is 1490. The van der Waals surface area contributed by atoms with E-state index in [9.17, 15) is 18.0 Å². The molecule has 1 aliphatic heterocycles. The topological polar surface area (TPSA) is 156 Å². The molecule has 11 nitrogen and oxygen atoms in total. The van der Waals surface area contributed by atoms with E-state index in [-0.39, 0.29) is 10.9 Å². The van der Waals surface area contributed by atoms with Crippen molar-refractivity contribution in [3.05, 3.63) is 66.4 Å². The fraction of sp³-hybridized carbons (Fsp3) is 0.333. The first kappa shape index (κ1) is 26.6. The molecule has 2 aliphatic rings. The summed E-state index contributed by atoms with van der Waals surface area (Å²) in [5.74, 6) is -0.271. The number of hydrogen-bond donors (Lipinski definition) is 2. The molecule has 1 aromatic heterocycles. The Labute approximate surface area is 226 Å². The van der Waals surface area contributed by atoms with E-state index in [0.29, 0.717) is 61.2 Å². The summed E-state index contributed by atoms with van der Waals surface area (Å²) in [6, 6.07) is 15.7. The Kier molecular flexibility index (Phi) is 7.00. The van der Waals surface area contributed by atoms with Gasteiger partial charge in [0.2, 0.25) is 0 Å². The number of aromatic nitrogens is 2. The molecule has 0 radical (unpaired) electrons. The van der Waals surface area contributed by atoms with Gasteiger partial charge in [-0.3, -0.25) is 9.69 Å². The largest absolute Gasteiger partial charge is 0.480 e. The molecule has 3 N–H and O–H groups in total. The van der Waals surface area contributed by atoms with Crippen LogP contribution in [0.15, 0.2) is 65.6 Å². The second-order valence-corrected chi connectivity index (χ2v) is 12.0. The van der Waals surface area contributed by atoms with E-state index in [4.69, 9.17) is 25.5 Å². The number of urea groups is 1. The normalized spacial score (nSPS) is 18.4. The molecule has 1 atom stereocenters. The lowest BCUT2D eigenvalue weighted by atomic mass is 10.1. The summed E-state index contributed by atoms with van der Waals surface area (Å²) in [4.78, 5) is 35.8. The maximum atomic E-state index is 13.8. The third-order valence-electron chi connectivity index (χ3n) is 7.11. The molecule has 2 heterocycles. The SMILES string of the molecule is C[C@H]1COCCN1c1cc(C2(S(=O)(=O)c3ccccc3)CC2)nc(-c2ccc(N(CC(=O)O)C(N)=O)cc2)n1. The summed E-state index contributed by atoms with van der Waals surface area (Å²) in [5, 5.41) is 9.13. The van der Waals surface area contributed by atoms with Crippen molar-refractivity contribution in [1.82, 2.24) is 9.97 Å². The van der Waals surface area contributed by atoms with Crippen LogP contribution in [0.4, 0.5) is 16.3 Å². The molecule has 2 aromatic carbocycles. The van der Waals surface area contributed by atoms with Gasteiger partial charge in [0.25, 0.3) is 0 Å². The van der Waals surface area contributed by atoms with Gasteiger partial charge in [-0.25, -0.2) is 23.2 Å². The van der Waals surface area contributed by atoms with Crippen molar-refractivity contribution >= 4 is 33.3 Å². The van der Waals surface area contributed by atoms with Crippen LogP contribution in [0, 0.1) is 0 Å². The van der Waals surface area contributed by atoms with E-state index in [1.807, 2.05) is 6.92 Å². The predicted molar refractivity (Wildman–Crippen MR) is 144 cm³/mol. The maximum absolute atomic E-state index is 13.8. The lowest BCUT2D eigenvalue weighted by Gasteiger charge is -2.34. The van der Waals surface area contributed by atoms with Crippen LogP contribution in [0.1, 0.15) is 25.5 Å². The number of sulfone groups is 1. The Morgan fingerprint density at radius 2 is 1.82 bits per heavy atom. The van der Waals surface area contributed by atoms with Gasteiger partial charge in [-0.15, -0.1) is 0 Å². The molecule has 204 valence electrons. The molecule has 1 saturated heterocycles. The highest BCUT2D eigenvalue weighted by atomic mass is 32.2. The Hall–Kier alpha value is -4.03. The average Bonchev–Trinajstić information content (AvgIpc) is 3.75. The van der Waals surface area contributed by atoms with E-state index in [2.05, 4.69) is 4.90 Å². The van der Waals surface area contributed by atoms with Crippen LogP contribution >= 0.6 is 0 Å². The van der Waals surface area contributed by atoms with Gasteiger partial charge in [0.05, 0.1) is 29.8 Å². The summed E-state index contributed by atoms with van der Waals surface area (Å²) in [7, 11) is -3.73. The van der Waals surface area contributed by atoms with Crippen LogP contribution < -0.4 is 15.5 Å². The van der Waals surface area contributed by atoms with Gasteiger partial charge in [0, 0.05) is 23.9 Å². The number of nitrogens with zero attached hydrogens (tertiary/aromatic N) is 4. The first-order valence-electron chi connectivity index (χ1n) is 12.6. The standard InChI is InChI=1S/C27H29N5O6S/c1-18-17-38-14-13-31(18)23-15-22(27(11-12-27)39(36,37)21-5-3-2-4-6-21)29-25(30-23)19-7-9-20(10-8-19)32(26(28)35)16-24(33)34/h2-10,15,18H,11-14,16-17H2,1H3,(H2,28,35)(H,33,34)/t18-/m0/s1. The molecular weight excluding hydrogens is 522 g/mol. The molecule has 3 aromatic rings. The number of morpholine rings is 1. The monoisotopic (exact) mass is 551 g/mol. The smallest absolute Gasteiger partial charge is 0.323 e. The number of carbonyl (C=O) groups excluding carboxylic acids is 1. The fourth-order valence-corrected chi connectivity index (χ4v) is 6.82. The third-order valence-corrected chi connectivity index (χ3v) is 9.65. The minimum atomic E-state index is -3.73. The van der Waals surface area contributed by atoms with Gasteiger partial charge in [-0.1, -0.05) is 18.2 Å². The van der Waals surface area contributed by atoms with Crippen LogP contribution in [0.25, 0.3) is 11.4 Å². The summed E-state index contributed by atoms with van der Waals surface area (Å²) >= 11 is 0. The lowest BCUT2D eigenvalue weighted by molar-refractivity contribution is -0.135. The van der Waals surface area contributed by atoms with E-state index in [1.165, 1.54) is 0 Å². The number of anilines is 2. The number of aliphatic carboxylic acids is 1. The quantitative estimate of drug-likeness (QED) is 0.430. The summed E-state index contributed by atoms with van der Waals surface area (Å²) in [5.41, 5.74) is 6.68. The number of ether oxygens (including phenoxy) is 1. The summed E-state index contributed by atoms with van der Waals surface area (Å²) < 4.78 is 32.0. The highest BCUT2D eigenvalue weighted by Crippen LogP contribution is 2.55. The minimum Gasteiger partial charge on any atom is -0.480 e. The highest BCUT2D eigenvalue weighted by molar-refractivity contribution is 7.92. The molecule has 12 heteroatoms. The van der Waals surface area contributed by atoms with Gasteiger partial charge in [-0.05, 0) is 56.2 Å². The zero-order chi connectivity index (χ0) is 27.8. The van der Waals surface area contributed by atoms with Crippen molar-refractivity contribution in [2.24, 2.45) is 5.73 Å². The van der Waals surface area contributed by atoms with Gasteiger partial charge in [-0.2, -0.15) is 0 Å². The molecule has 1 saturated carbocycles. The van der Waals surface area contributed by atoms with Crippen LogP contribution in [0.2, 0.25) is 0 Å². The second kappa shape index (κ2) is 10.3. The first-order valence-corrected chi connectivity index (χ1v) is 14.0. The Morgan fingerprint density at radius 3 is 2.41 bits per heavy atom. The van der Waals surface area contributed by atoms with Crippen molar-refractivity contribution < 1.29 is 27.9 Å². The highest BCUT2D eigenvalue weighted by Gasteiger charge is 2.58. The van der Waals surface area contributed by atoms with E-state index < -0.39 is 33.1 Å². The number of carbonyl (C=O) groups is 2. The lowest BCUT2D eigenvalue weighted by Crippen LogP contribution is -2.44. The maximum Gasteiger partial charge on any atom is 0.323 e. The van der Waals surface area contributed by atoms with Gasteiger partial charge in [0.1, 0.15) is 17.1 Å². The zero-order valence-corrected chi connectivity index (χ0v) is 22.2. The molecule has 5 rings (SSSR count). The van der Waals surface area contributed by atoms with Crippen molar-refractivity contribution in [2.75, 3.05) is 36.1 Å². The van der Waals surface area contributed by atoms with Gasteiger partial charge < -0.3 is 20.5 Å². The molecule has 0 bridgehead atoms. The van der Waals surface area contributed by atoms with Crippen LogP contribution in [0.5, 0.6) is 0 Å². The molecule has 2 amide bonds. The van der Waals surface area contributed by atoms with E-state index in [0.717, 1.165) is 4.90 Å². The molecular formula is C27H29N5O6S. The van der Waals surface area contributed by atoms with Crippen LogP contribution in [-0.2, 0) is 24.1 Å². The molecule has 0 spiro atoms. The zero-order valence-electron chi connectivity index (χ0n) is 21.4. The predicted octanol–water partition coefficient (Wildman–Crippen LogP) is 2.80.